The van der Waals surface area contributed by atoms with Crippen LogP contribution in [0.3, 0.4) is 0 Å². The molecule has 2 aliphatic rings. The summed E-state index contributed by atoms with van der Waals surface area (Å²) in [4.78, 5) is 39.7. The summed E-state index contributed by atoms with van der Waals surface area (Å²) in [6, 6.07) is 1.97. The molecular weight excluding hydrogens is 380 g/mol. The van der Waals surface area contributed by atoms with E-state index in [1.54, 1.807) is 11.9 Å². The van der Waals surface area contributed by atoms with E-state index in [1.165, 1.54) is 19.8 Å². The van der Waals surface area contributed by atoms with E-state index in [1.807, 2.05) is 18.0 Å². The lowest BCUT2D eigenvalue weighted by atomic mass is 9.94. The van der Waals surface area contributed by atoms with Crippen molar-refractivity contribution in [2.75, 3.05) is 52.1 Å². The van der Waals surface area contributed by atoms with Gasteiger partial charge in [0.1, 0.15) is 11.6 Å². The number of rotatable bonds is 6. The predicted octanol–water partition coefficient (Wildman–Crippen LogP) is 1.93. The number of hydrogen-bond donors (Lipinski definition) is 1. The highest BCUT2D eigenvalue weighted by Gasteiger charge is 2.28. The summed E-state index contributed by atoms with van der Waals surface area (Å²) in [7, 11) is 3.58. The summed E-state index contributed by atoms with van der Waals surface area (Å²) in [5, 5.41) is 3.10. The van der Waals surface area contributed by atoms with Gasteiger partial charge >= 0.3 is 0 Å². The molecule has 1 atom stereocenters. The standard InChI is InChI=1S/C22H36N6O2/c1-16-7-10-27(11-8-16)15-22(30)28-9-5-6-18(13-28)19-12-20(23-3)25-21(24-19)14-26(4)17(2)29/h12,16,18H,5-11,13-15H2,1-4H3,(H,23,24,25)/t18-/m1/s1. The van der Waals surface area contributed by atoms with Gasteiger partial charge in [0.05, 0.1) is 18.8 Å². The van der Waals surface area contributed by atoms with E-state index in [9.17, 15) is 9.59 Å². The summed E-state index contributed by atoms with van der Waals surface area (Å²) < 4.78 is 0. The zero-order chi connectivity index (χ0) is 21.7. The average molecular weight is 417 g/mol. The van der Waals surface area contributed by atoms with Crippen LogP contribution in [0, 0.1) is 5.92 Å². The van der Waals surface area contributed by atoms with Gasteiger partial charge in [0.25, 0.3) is 0 Å². The molecule has 30 heavy (non-hydrogen) atoms. The quantitative estimate of drug-likeness (QED) is 0.763. The van der Waals surface area contributed by atoms with Crippen LogP contribution >= 0.6 is 0 Å². The molecule has 0 aliphatic carbocycles. The van der Waals surface area contributed by atoms with Crippen LogP contribution in [0.25, 0.3) is 0 Å². The van der Waals surface area contributed by atoms with Crippen LogP contribution in [0.4, 0.5) is 5.82 Å². The van der Waals surface area contributed by atoms with E-state index in [0.29, 0.717) is 25.5 Å². The molecule has 0 aromatic carbocycles. The van der Waals surface area contributed by atoms with Crippen LogP contribution in [0.2, 0.25) is 0 Å². The fourth-order valence-electron chi connectivity index (χ4n) is 4.21. The number of nitrogens with zero attached hydrogens (tertiary/aromatic N) is 5. The number of hydrogen-bond acceptors (Lipinski definition) is 6. The smallest absolute Gasteiger partial charge is 0.236 e. The predicted molar refractivity (Wildman–Crippen MR) is 117 cm³/mol. The molecule has 2 amide bonds. The molecule has 1 N–H and O–H groups in total. The summed E-state index contributed by atoms with van der Waals surface area (Å²) in [5.41, 5.74) is 0.950. The highest BCUT2D eigenvalue weighted by Crippen LogP contribution is 2.27. The first-order valence-corrected chi connectivity index (χ1v) is 11.1. The highest BCUT2D eigenvalue weighted by atomic mass is 16.2. The SMILES string of the molecule is CNc1cc([C@@H]2CCCN(C(=O)CN3CCC(C)CC3)C2)nc(CN(C)C(C)=O)n1. The Kier molecular flexibility index (Phi) is 7.64. The summed E-state index contributed by atoms with van der Waals surface area (Å²) >= 11 is 0. The van der Waals surface area contributed by atoms with Gasteiger partial charge in [-0.05, 0) is 44.7 Å². The first kappa shape index (κ1) is 22.5. The van der Waals surface area contributed by atoms with Crippen molar-refractivity contribution < 1.29 is 9.59 Å². The van der Waals surface area contributed by atoms with Gasteiger partial charge in [0.2, 0.25) is 11.8 Å². The van der Waals surface area contributed by atoms with E-state index < -0.39 is 0 Å². The van der Waals surface area contributed by atoms with Gasteiger partial charge in [-0.3, -0.25) is 14.5 Å². The van der Waals surface area contributed by atoms with E-state index in [4.69, 9.17) is 4.98 Å². The zero-order valence-corrected chi connectivity index (χ0v) is 18.9. The number of piperidine rings is 2. The largest absolute Gasteiger partial charge is 0.373 e. The van der Waals surface area contributed by atoms with Gasteiger partial charge < -0.3 is 15.1 Å². The van der Waals surface area contributed by atoms with Crippen molar-refractivity contribution in [1.82, 2.24) is 24.7 Å². The number of aromatic nitrogens is 2. The number of anilines is 1. The first-order chi connectivity index (χ1) is 14.4. The number of nitrogens with one attached hydrogen (secondary N) is 1. The Morgan fingerprint density at radius 2 is 1.93 bits per heavy atom. The van der Waals surface area contributed by atoms with Crippen molar-refractivity contribution in [3.05, 3.63) is 17.6 Å². The minimum Gasteiger partial charge on any atom is -0.373 e. The van der Waals surface area contributed by atoms with Crippen molar-refractivity contribution in [3.63, 3.8) is 0 Å². The lowest BCUT2D eigenvalue weighted by Crippen LogP contribution is -2.46. The molecule has 2 fully saturated rings. The Morgan fingerprint density at radius 1 is 1.20 bits per heavy atom. The van der Waals surface area contributed by atoms with Crippen LogP contribution in [0.5, 0.6) is 0 Å². The topological polar surface area (TPSA) is 81.7 Å². The average Bonchev–Trinajstić information content (AvgIpc) is 2.75. The number of likely N-dealkylation sites (tertiary alicyclic amines) is 2. The maximum absolute atomic E-state index is 12.9. The van der Waals surface area contributed by atoms with Gasteiger partial charge in [0, 0.05) is 46.1 Å². The van der Waals surface area contributed by atoms with Gasteiger partial charge in [-0.25, -0.2) is 9.97 Å². The van der Waals surface area contributed by atoms with Crippen molar-refractivity contribution in [2.24, 2.45) is 5.92 Å². The molecule has 3 heterocycles. The Balaban J connectivity index is 1.66. The van der Waals surface area contributed by atoms with E-state index in [-0.39, 0.29) is 17.7 Å². The number of carbonyl (C=O) groups is 2. The second kappa shape index (κ2) is 10.2. The molecule has 8 nitrogen and oxygen atoms in total. The van der Waals surface area contributed by atoms with Crippen LogP contribution < -0.4 is 5.32 Å². The van der Waals surface area contributed by atoms with Crippen molar-refractivity contribution >= 4 is 17.6 Å². The van der Waals surface area contributed by atoms with Gasteiger partial charge in [-0.15, -0.1) is 0 Å². The second-order valence-corrected chi connectivity index (χ2v) is 8.86. The normalized spacial score (nSPS) is 20.8. The minimum absolute atomic E-state index is 0.0171. The lowest BCUT2D eigenvalue weighted by molar-refractivity contribution is -0.134. The third-order valence-corrected chi connectivity index (χ3v) is 6.39. The molecule has 0 bridgehead atoms. The highest BCUT2D eigenvalue weighted by molar-refractivity contribution is 5.78. The maximum Gasteiger partial charge on any atom is 0.236 e. The third kappa shape index (κ3) is 5.90. The molecule has 2 saturated heterocycles. The second-order valence-electron chi connectivity index (χ2n) is 8.86. The van der Waals surface area contributed by atoms with E-state index >= 15 is 0 Å². The first-order valence-electron chi connectivity index (χ1n) is 11.1. The van der Waals surface area contributed by atoms with Crippen LogP contribution in [-0.2, 0) is 16.1 Å². The Morgan fingerprint density at radius 3 is 2.60 bits per heavy atom. The molecule has 2 aliphatic heterocycles. The monoisotopic (exact) mass is 416 g/mol. The zero-order valence-electron chi connectivity index (χ0n) is 18.9. The van der Waals surface area contributed by atoms with E-state index in [2.05, 4.69) is 22.1 Å². The van der Waals surface area contributed by atoms with Gasteiger partial charge in [-0.2, -0.15) is 0 Å². The summed E-state index contributed by atoms with van der Waals surface area (Å²) in [6.07, 6.45) is 4.35. The number of carbonyl (C=O) groups excluding carboxylic acids is 2. The molecular formula is C22H36N6O2. The molecule has 1 aromatic heterocycles. The van der Waals surface area contributed by atoms with Gasteiger partial charge in [0.15, 0.2) is 0 Å². The Bertz CT molecular complexity index is 747. The van der Waals surface area contributed by atoms with E-state index in [0.717, 1.165) is 49.9 Å². The number of amides is 2. The molecule has 0 unspecified atom stereocenters. The van der Waals surface area contributed by atoms with Crippen LogP contribution in [0.15, 0.2) is 6.07 Å². The molecule has 166 valence electrons. The van der Waals surface area contributed by atoms with Crippen molar-refractivity contribution in [2.45, 2.75) is 52.0 Å². The molecule has 1 aromatic rings. The third-order valence-electron chi connectivity index (χ3n) is 6.39. The fourth-order valence-corrected chi connectivity index (χ4v) is 4.21. The van der Waals surface area contributed by atoms with Crippen molar-refractivity contribution in [3.8, 4) is 0 Å². The molecule has 0 radical (unpaired) electrons. The summed E-state index contributed by atoms with van der Waals surface area (Å²) in [5.74, 6) is 2.55. The maximum atomic E-state index is 12.9. The summed E-state index contributed by atoms with van der Waals surface area (Å²) in [6.45, 7) is 8.30. The minimum atomic E-state index is -0.0171. The molecule has 8 heteroatoms. The lowest BCUT2D eigenvalue weighted by Gasteiger charge is -2.35. The van der Waals surface area contributed by atoms with Crippen LogP contribution in [-0.4, -0.2) is 83.3 Å². The molecule has 0 spiro atoms. The van der Waals surface area contributed by atoms with Crippen molar-refractivity contribution in [1.29, 1.82) is 0 Å². The fraction of sp³-hybridized carbons (Fsp3) is 0.727. The Hall–Kier alpha value is -2.22. The Labute approximate surface area is 180 Å². The van der Waals surface area contributed by atoms with Gasteiger partial charge in [-0.1, -0.05) is 6.92 Å². The van der Waals surface area contributed by atoms with Crippen LogP contribution in [0.1, 0.15) is 57.0 Å². The molecule has 0 saturated carbocycles. The molecule has 3 rings (SSSR count).